The Labute approximate surface area is 170 Å². The molecule has 2 atom stereocenters. The molecule has 2 amide bonds. The van der Waals surface area contributed by atoms with Crippen LogP contribution in [0.25, 0.3) is 0 Å². The largest absolute Gasteiger partial charge is 0.455 e. The molecule has 6 nitrogen and oxygen atoms in total. The van der Waals surface area contributed by atoms with Crippen LogP contribution in [0.15, 0.2) is 48.5 Å². The maximum absolute atomic E-state index is 12.4. The molecular formula is C23H26N2O4. The summed E-state index contributed by atoms with van der Waals surface area (Å²) in [5.41, 5.74) is 3.82. The summed E-state index contributed by atoms with van der Waals surface area (Å²) in [4.78, 5) is 38.6. The molecule has 0 bridgehead atoms. The first-order chi connectivity index (χ1) is 13.8. The highest BCUT2D eigenvalue weighted by molar-refractivity contribution is 6.00. The van der Waals surface area contributed by atoms with Gasteiger partial charge in [0.05, 0.1) is 12.0 Å². The predicted octanol–water partition coefficient (Wildman–Crippen LogP) is 3.08. The summed E-state index contributed by atoms with van der Waals surface area (Å²) in [6.07, 6.45) is 0.0915. The van der Waals surface area contributed by atoms with Gasteiger partial charge in [-0.1, -0.05) is 42.5 Å². The molecule has 1 N–H and O–H groups in total. The van der Waals surface area contributed by atoms with Gasteiger partial charge in [-0.05, 0) is 43.5 Å². The lowest BCUT2D eigenvalue weighted by atomic mass is 10.1. The Morgan fingerprint density at radius 1 is 1.17 bits per heavy atom. The van der Waals surface area contributed by atoms with Crippen LogP contribution in [0.2, 0.25) is 0 Å². The summed E-state index contributed by atoms with van der Waals surface area (Å²) < 4.78 is 5.18. The molecule has 152 valence electrons. The molecule has 3 rings (SSSR count). The van der Waals surface area contributed by atoms with Crippen molar-refractivity contribution in [3.05, 3.63) is 65.2 Å². The molecule has 29 heavy (non-hydrogen) atoms. The summed E-state index contributed by atoms with van der Waals surface area (Å²) in [5.74, 6) is -1.57. The summed E-state index contributed by atoms with van der Waals surface area (Å²) >= 11 is 0. The number of benzene rings is 2. The van der Waals surface area contributed by atoms with Gasteiger partial charge >= 0.3 is 5.97 Å². The third-order valence-electron chi connectivity index (χ3n) is 5.14. The molecule has 1 aliphatic rings. The van der Waals surface area contributed by atoms with Gasteiger partial charge in [0, 0.05) is 18.7 Å². The molecule has 0 aliphatic carbocycles. The van der Waals surface area contributed by atoms with E-state index < -0.39 is 11.9 Å². The fraction of sp³-hybridized carbons (Fsp3) is 0.348. The number of nitrogens with one attached hydrogen (secondary N) is 1. The van der Waals surface area contributed by atoms with Crippen LogP contribution < -0.4 is 10.2 Å². The summed E-state index contributed by atoms with van der Waals surface area (Å²) in [5, 5.41) is 2.81. The van der Waals surface area contributed by atoms with Gasteiger partial charge in [0.15, 0.2) is 6.61 Å². The number of hydrogen-bond acceptors (Lipinski definition) is 4. The molecule has 0 radical (unpaired) electrons. The molecule has 0 unspecified atom stereocenters. The highest BCUT2D eigenvalue weighted by Gasteiger charge is 2.37. The van der Waals surface area contributed by atoms with Crippen molar-refractivity contribution >= 4 is 23.5 Å². The van der Waals surface area contributed by atoms with Gasteiger partial charge in [-0.15, -0.1) is 0 Å². The Bertz CT molecular complexity index is 910. The second-order valence-electron chi connectivity index (χ2n) is 7.50. The van der Waals surface area contributed by atoms with Gasteiger partial charge < -0.3 is 15.0 Å². The maximum atomic E-state index is 12.4. The number of nitrogens with zero attached hydrogens (tertiary/aromatic N) is 1. The minimum Gasteiger partial charge on any atom is -0.455 e. The van der Waals surface area contributed by atoms with Gasteiger partial charge in [0.25, 0.3) is 5.91 Å². The molecule has 1 aliphatic heterocycles. The lowest BCUT2D eigenvalue weighted by Gasteiger charge is -2.19. The van der Waals surface area contributed by atoms with E-state index in [0.717, 1.165) is 22.4 Å². The standard InChI is InChI=1S/C23H26N2O4/c1-15-9-10-16(2)20(11-15)25-13-19(12-22(25)27)23(28)29-14-21(26)24-17(3)18-7-5-4-6-8-18/h4-11,17,19H,12-14H2,1-3H3,(H,24,26)/t17-,19+/m0/s1. The van der Waals surface area contributed by atoms with Crippen molar-refractivity contribution < 1.29 is 19.1 Å². The van der Waals surface area contributed by atoms with E-state index in [0.29, 0.717) is 0 Å². The molecule has 2 aromatic rings. The van der Waals surface area contributed by atoms with Crippen molar-refractivity contribution in [2.24, 2.45) is 5.92 Å². The molecular weight excluding hydrogens is 368 g/mol. The third kappa shape index (κ3) is 5.02. The SMILES string of the molecule is Cc1ccc(C)c(N2C[C@H](C(=O)OCC(=O)N[C@@H](C)c3ccccc3)CC2=O)c1. The minimum absolute atomic E-state index is 0.0915. The van der Waals surface area contributed by atoms with Crippen LogP contribution in [0.1, 0.15) is 36.1 Å². The molecule has 2 aromatic carbocycles. The lowest BCUT2D eigenvalue weighted by Crippen LogP contribution is -2.33. The molecule has 0 saturated carbocycles. The zero-order chi connectivity index (χ0) is 21.0. The van der Waals surface area contributed by atoms with Gasteiger partial charge in [-0.25, -0.2) is 0 Å². The molecule has 1 saturated heterocycles. The maximum Gasteiger partial charge on any atom is 0.311 e. The van der Waals surface area contributed by atoms with E-state index in [1.54, 1.807) is 4.90 Å². The Balaban J connectivity index is 1.53. The molecule has 1 fully saturated rings. The van der Waals surface area contributed by atoms with Gasteiger partial charge in [-0.3, -0.25) is 14.4 Å². The predicted molar refractivity (Wildman–Crippen MR) is 110 cm³/mol. The number of anilines is 1. The number of amides is 2. The van der Waals surface area contributed by atoms with E-state index in [2.05, 4.69) is 5.32 Å². The topological polar surface area (TPSA) is 75.7 Å². The number of rotatable bonds is 6. The fourth-order valence-electron chi connectivity index (χ4n) is 3.47. The zero-order valence-corrected chi connectivity index (χ0v) is 17.0. The van der Waals surface area contributed by atoms with E-state index in [1.165, 1.54) is 0 Å². The number of ether oxygens (including phenoxy) is 1. The summed E-state index contributed by atoms with van der Waals surface area (Å²) in [7, 11) is 0. The molecule has 0 aromatic heterocycles. The van der Waals surface area contributed by atoms with E-state index in [9.17, 15) is 14.4 Å². The van der Waals surface area contributed by atoms with Crippen molar-refractivity contribution in [2.75, 3.05) is 18.1 Å². The number of aryl methyl sites for hydroxylation is 2. The van der Waals surface area contributed by atoms with Crippen LogP contribution >= 0.6 is 0 Å². The normalized spacial score (nSPS) is 17.1. The van der Waals surface area contributed by atoms with Crippen molar-refractivity contribution in [1.29, 1.82) is 0 Å². The zero-order valence-electron chi connectivity index (χ0n) is 17.0. The van der Waals surface area contributed by atoms with E-state index in [1.807, 2.05) is 69.3 Å². The van der Waals surface area contributed by atoms with Crippen LogP contribution in [0, 0.1) is 19.8 Å². The summed E-state index contributed by atoms with van der Waals surface area (Å²) in [6, 6.07) is 15.3. The number of hydrogen-bond donors (Lipinski definition) is 1. The fourth-order valence-corrected chi connectivity index (χ4v) is 3.47. The summed E-state index contributed by atoms with van der Waals surface area (Å²) in [6.45, 7) is 5.68. The molecule has 6 heteroatoms. The Hall–Kier alpha value is -3.15. The Morgan fingerprint density at radius 3 is 2.62 bits per heavy atom. The van der Waals surface area contributed by atoms with Crippen molar-refractivity contribution in [3.8, 4) is 0 Å². The van der Waals surface area contributed by atoms with Crippen molar-refractivity contribution in [1.82, 2.24) is 5.32 Å². The first-order valence-corrected chi connectivity index (χ1v) is 9.73. The lowest BCUT2D eigenvalue weighted by molar-refractivity contribution is -0.152. The second kappa shape index (κ2) is 8.90. The van der Waals surface area contributed by atoms with Gasteiger partial charge in [0.1, 0.15) is 0 Å². The quantitative estimate of drug-likeness (QED) is 0.764. The first kappa shape index (κ1) is 20.6. The average molecular weight is 394 g/mol. The molecule has 0 spiro atoms. The monoisotopic (exact) mass is 394 g/mol. The Morgan fingerprint density at radius 2 is 1.90 bits per heavy atom. The average Bonchev–Trinajstić information content (AvgIpc) is 3.10. The third-order valence-corrected chi connectivity index (χ3v) is 5.14. The Kier molecular flexibility index (Phi) is 6.32. The van der Waals surface area contributed by atoms with E-state index in [4.69, 9.17) is 4.74 Å². The van der Waals surface area contributed by atoms with Crippen LogP contribution in [0.3, 0.4) is 0 Å². The smallest absolute Gasteiger partial charge is 0.311 e. The van der Waals surface area contributed by atoms with Gasteiger partial charge in [-0.2, -0.15) is 0 Å². The molecule has 1 heterocycles. The van der Waals surface area contributed by atoms with E-state index >= 15 is 0 Å². The highest BCUT2D eigenvalue weighted by Crippen LogP contribution is 2.29. The van der Waals surface area contributed by atoms with Crippen LogP contribution in [-0.4, -0.2) is 30.9 Å². The second-order valence-corrected chi connectivity index (χ2v) is 7.50. The van der Waals surface area contributed by atoms with Gasteiger partial charge in [0.2, 0.25) is 5.91 Å². The van der Waals surface area contributed by atoms with Crippen LogP contribution in [0.4, 0.5) is 5.69 Å². The number of carbonyl (C=O) groups excluding carboxylic acids is 3. The number of esters is 1. The first-order valence-electron chi connectivity index (χ1n) is 9.73. The highest BCUT2D eigenvalue weighted by atomic mass is 16.5. The minimum atomic E-state index is -0.568. The van der Waals surface area contributed by atoms with E-state index in [-0.39, 0.29) is 37.4 Å². The van der Waals surface area contributed by atoms with Crippen LogP contribution in [0.5, 0.6) is 0 Å². The van der Waals surface area contributed by atoms with Crippen LogP contribution in [-0.2, 0) is 19.1 Å². The van der Waals surface area contributed by atoms with Crippen molar-refractivity contribution in [3.63, 3.8) is 0 Å². The van der Waals surface area contributed by atoms with Crippen molar-refractivity contribution in [2.45, 2.75) is 33.2 Å². The number of carbonyl (C=O) groups is 3.